The summed E-state index contributed by atoms with van der Waals surface area (Å²) in [5.74, 6) is 1.07. The number of anilines is 1. The highest BCUT2D eigenvalue weighted by molar-refractivity contribution is 9.10. The van der Waals surface area contributed by atoms with E-state index in [1.165, 1.54) is 0 Å². The van der Waals surface area contributed by atoms with Crippen molar-refractivity contribution < 1.29 is 0 Å². The summed E-state index contributed by atoms with van der Waals surface area (Å²) >= 11 is 3.27. The Kier molecular flexibility index (Phi) is 4.28. The zero-order chi connectivity index (χ0) is 10.6. The lowest BCUT2D eigenvalue weighted by molar-refractivity contribution is 0.510. The first-order chi connectivity index (χ1) is 6.59. The third-order valence-corrected chi connectivity index (χ3v) is 2.38. The number of nitrogens with one attached hydrogen (secondary N) is 1. The van der Waals surface area contributed by atoms with Crippen LogP contribution in [0.3, 0.4) is 0 Å². The second-order valence-corrected chi connectivity index (χ2v) is 4.43. The number of nitrogens with zero attached hydrogens (tertiary/aromatic N) is 2. The van der Waals surface area contributed by atoms with Crippen LogP contribution in [0, 0.1) is 5.92 Å². The molecule has 78 valence electrons. The predicted octanol–water partition coefficient (Wildman–Crippen LogP) is 1.63. The van der Waals surface area contributed by atoms with Gasteiger partial charge in [0, 0.05) is 25.0 Å². The fourth-order valence-electron chi connectivity index (χ4n) is 0.848. The van der Waals surface area contributed by atoms with Crippen LogP contribution < -0.4 is 11.1 Å². The highest BCUT2D eigenvalue weighted by Gasteiger charge is 2.07. The lowest BCUT2D eigenvalue weighted by atomic mass is 10.1. The van der Waals surface area contributed by atoms with E-state index in [-0.39, 0.29) is 6.04 Å². The first-order valence-electron chi connectivity index (χ1n) is 4.56. The van der Waals surface area contributed by atoms with Gasteiger partial charge in [-0.3, -0.25) is 0 Å². The molecule has 1 aromatic heterocycles. The highest BCUT2D eigenvalue weighted by Crippen LogP contribution is 2.07. The van der Waals surface area contributed by atoms with Crippen molar-refractivity contribution in [3.8, 4) is 0 Å². The number of aromatic nitrogens is 2. The van der Waals surface area contributed by atoms with Gasteiger partial charge in [-0.1, -0.05) is 13.8 Å². The van der Waals surface area contributed by atoms with E-state index in [1.54, 1.807) is 12.4 Å². The first-order valence-corrected chi connectivity index (χ1v) is 5.36. The van der Waals surface area contributed by atoms with E-state index in [1.807, 2.05) is 0 Å². The number of rotatable bonds is 4. The summed E-state index contributed by atoms with van der Waals surface area (Å²) in [5, 5.41) is 3.08. The monoisotopic (exact) mass is 258 g/mol. The van der Waals surface area contributed by atoms with Gasteiger partial charge in [0.25, 0.3) is 0 Å². The van der Waals surface area contributed by atoms with Crippen LogP contribution in [-0.2, 0) is 0 Å². The zero-order valence-electron chi connectivity index (χ0n) is 8.37. The molecule has 0 aliphatic carbocycles. The third kappa shape index (κ3) is 3.59. The third-order valence-electron chi connectivity index (χ3n) is 1.97. The van der Waals surface area contributed by atoms with Crippen molar-refractivity contribution in [3.63, 3.8) is 0 Å². The van der Waals surface area contributed by atoms with E-state index >= 15 is 0 Å². The van der Waals surface area contributed by atoms with Crippen LogP contribution in [0.4, 0.5) is 5.95 Å². The average Bonchev–Trinajstić information content (AvgIpc) is 2.16. The van der Waals surface area contributed by atoms with Crippen LogP contribution in [0.5, 0.6) is 0 Å². The van der Waals surface area contributed by atoms with Crippen LogP contribution in [0.1, 0.15) is 13.8 Å². The van der Waals surface area contributed by atoms with Gasteiger partial charge < -0.3 is 11.1 Å². The minimum Gasteiger partial charge on any atom is -0.353 e. The van der Waals surface area contributed by atoms with Gasteiger partial charge in [0.05, 0.1) is 4.47 Å². The lowest BCUT2D eigenvalue weighted by Crippen LogP contribution is -2.34. The second kappa shape index (κ2) is 5.26. The van der Waals surface area contributed by atoms with Crippen molar-refractivity contribution >= 4 is 21.9 Å². The van der Waals surface area contributed by atoms with Crippen molar-refractivity contribution in [2.24, 2.45) is 11.7 Å². The topological polar surface area (TPSA) is 63.8 Å². The van der Waals surface area contributed by atoms with Crippen LogP contribution >= 0.6 is 15.9 Å². The summed E-state index contributed by atoms with van der Waals surface area (Å²) < 4.78 is 0.871. The Hall–Kier alpha value is -0.680. The summed E-state index contributed by atoms with van der Waals surface area (Å²) in [7, 11) is 0. The Bertz CT molecular complexity index is 273. The minimum atomic E-state index is 0.127. The molecule has 0 aliphatic heterocycles. The van der Waals surface area contributed by atoms with Gasteiger partial charge >= 0.3 is 0 Å². The van der Waals surface area contributed by atoms with Gasteiger partial charge in [0.2, 0.25) is 5.95 Å². The molecule has 3 N–H and O–H groups in total. The molecule has 0 aromatic carbocycles. The molecule has 0 radical (unpaired) electrons. The smallest absolute Gasteiger partial charge is 0.222 e. The molecular formula is C9H15BrN4. The molecule has 4 nitrogen and oxygen atoms in total. The average molecular weight is 259 g/mol. The quantitative estimate of drug-likeness (QED) is 0.862. The van der Waals surface area contributed by atoms with Gasteiger partial charge in [-0.25, -0.2) is 9.97 Å². The molecule has 1 aromatic rings. The molecule has 14 heavy (non-hydrogen) atoms. The normalized spacial score (nSPS) is 12.9. The van der Waals surface area contributed by atoms with Crippen LogP contribution in [-0.4, -0.2) is 22.6 Å². The maximum absolute atomic E-state index is 5.87. The standard InChI is InChI=1S/C9H15BrN4/c1-6(2)8(11)5-14-9-12-3-7(10)4-13-9/h3-4,6,8H,5,11H2,1-2H3,(H,12,13,14). The Labute approximate surface area is 92.5 Å². The molecule has 0 spiro atoms. The van der Waals surface area contributed by atoms with Gasteiger partial charge in [0.1, 0.15) is 0 Å². The van der Waals surface area contributed by atoms with Gasteiger partial charge in [-0.2, -0.15) is 0 Å². The molecule has 0 fully saturated rings. The minimum absolute atomic E-state index is 0.127. The van der Waals surface area contributed by atoms with Crippen LogP contribution in [0.25, 0.3) is 0 Å². The molecule has 0 saturated heterocycles. The van der Waals surface area contributed by atoms with E-state index in [0.717, 1.165) is 4.47 Å². The van der Waals surface area contributed by atoms with Gasteiger partial charge in [-0.05, 0) is 21.8 Å². The molecule has 1 unspecified atom stereocenters. The lowest BCUT2D eigenvalue weighted by Gasteiger charge is -2.15. The Balaban J connectivity index is 2.42. The molecule has 0 amide bonds. The molecular weight excluding hydrogens is 244 g/mol. The van der Waals surface area contributed by atoms with Crippen molar-refractivity contribution in [2.75, 3.05) is 11.9 Å². The predicted molar refractivity (Wildman–Crippen MR) is 61.0 cm³/mol. The highest BCUT2D eigenvalue weighted by atomic mass is 79.9. The van der Waals surface area contributed by atoms with Crippen LogP contribution in [0.2, 0.25) is 0 Å². The molecule has 0 saturated carbocycles. The Morgan fingerprint density at radius 2 is 2.00 bits per heavy atom. The van der Waals surface area contributed by atoms with Crippen molar-refractivity contribution in [2.45, 2.75) is 19.9 Å². The zero-order valence-corrected chi connectivity index (χ0v) is 9.95. The molecule has 1 rings (SSSR count). The number of hydrogen-bond acceptors (Lipinski definition) is 4. The maximum Gasteiger partial charge on any atom is 0.222 e. The van der Waals surface area contributed by atoms with Gasteiger partial charge in [0.15, 0.2) is 0 Å². The second-order valence-electron chi connectivity index (χ2n) is 3.51. The number of nitrogens with two attached hydrogens (primary N) is 1. The molecule has 0 aliphatic rings. The maximum atomic E-state index is 5.87. The molecule has 1 heterocycles. The summed E-state index contributed by atoms with van der Waals surface area (Å²) in [4.78, 5) is 8.17. The van der Waals surface area contributed by atoms with Crippen molar-refractivity contribution in [1.82, 2.24) is 9.97 Å². The summed E-state index contributed by atoms with van der Waals surface area (Å²) in [6.07, 6.45) is 3.41. The Morgan fingerprint density at radius 1 is 1.43 bits per heavy atom. The molecule has 1 atom stereocenters. The van der Waals surface area contributed by atoms with E-state index in [2.05, 4.69) is 45.1 Å². The van der Waals surface area contributed by atoms with Crippen molar-refractivity contribution in [1.29, 1.82) is 0 Å². The van der Waals surface area contributed by atoms with E-state index in [9.17, 15) is 0 Å². The van der Waals surface area contributed by atoms with E-state index in [0.29, 0.717) is 18.4 Å². The fourth-order valence-corrected chi connectivity index (χ4v) is 1.05. The molecule has 5 heteroatoms. The fraction of sp³-hybridized carbons (Fsp3) is 0.556. The van der Waals surface area contributed by atoms with Crippen molar-refractivity contribution in [3.05, 3.63) is 16.9 Å². The summed E-state index contributed by atoms with van der Waals surface area (Å²) in [6.45, 7) is 4.88. The number of hydrogen-bond donors (Lipinski definition) is 2. The molecule has 0 bridgehead atoms. The number of halogens is 1. The van der Waals surface area contributed by atoms with Crippen LogP contribution in [0.15, 0.2) is 16.9 Å². The summed E-state index contributed by atoms with van der Waals surface area (Å²) in [6, 6.07) is 0.127. The van der Waals surface area contributed by atoms with E-state index in [4.69, 9.17) is 5.73 Å². The summed E-state index contributed by atoms with van der Waals surface area (Å²) in [5.41, 5.74) is 5.87. The van der Waals surface area contributed by atoms with E-state index < -0.39 is 0 Å². The van der Waals surface area contributed by atoms with Gasteiger partial charge in [-0.15, -0.1) is 0 Å². The Morgan fingerprint density at radius 3 is 2.50 bits per heavy atom. The first kappa shape index (κ1) is 11.4. The largest absolute Gasteiger partial charge is 0.353 e. The SMILES string of the molecule is CC(C)C(N)CNc1ncc(Br)cn1.